The van der Waals surface area contributed by atoms with Crippen LogP contribution in [0.25, 0.3) is 11.4 Å². The molecule has 0 bridgehead atoms. The number of aryl methyl sites for hydroxylation is 1. The van der Waals surface area contributed by atoms with Crippen molar-refractivity contribution in [2.45, 2.75) is 25.5 Å². The fourth-order valence-electron chi connectivity index (χ4n) is 3.01. The summed E-state index contributed by atoms with van der Waals surface area (Å²) < 4.78 is 12.8. The van der Waals surface area contributed by atoms with E-state index < -0.39 is 0 Å². The van der Waals surface area contributed by atoms with E-state index in [4.69, 9.17) is 21.1 Å². The summed E-state index contributed by atoms with van der Waals surface area (Å²) in [4.78, 5) is 12.4. The molecule has 1 aliphatic heterocycles. The van der Waals surface area contributed by atoms with Crippen LogP contribution in [0.5, 0.6) is 11.5 Å². The number of halogens is 1. The van der Waals surface area contributed by atoms with Crippen LogP contribution in [0.15, 0.2) is 41.6 Å². The van der Waals surface area contributed by atoms with E-state index in [2.05, 4.69) is 15.5 Å². The van der Waals surface area contributed by atoms with E-state index in [1.807, 2.05) is 42.7 Å². The lowest BCUT2D eigenvalue weighted by Crippen LogP contribution is -2.15. The Bertz CT molecular complexity index is 1070. The van der Waals surface area contributed by atoms with Crippen LogP contribution in [0.3, 0.4) is 0 Å². The Morgan fingerprint density at radius 3 is 2.83 bits per heavy atom. The fourth-order valence-corrected chi connectivity index (χ4v) is 4.04. The van der Waals surface area contributed by atoms with Gasteiger partial charge < -0.3 is 19.4 Å². The highest BCUT2D eigenvalue weighted by molar-refractivity contribution is 7.99. The Morgan fingerprint density at radius 2 is 2.03 bits per heavy atom. The number of aromatic nitrogens is 3. The molecule has 0 fully saturated rings. The van der Waals surface area contributed by atoms with Gasteiger partial charge in [-0.1, -0.05) is 23.4 Å². The summed E-state index contributed by atoms with van der Waals surface area (Å²) in [7, 11) is 0. The van der Waals surface area contributed by atoms with E-state index in [0.717, 1.165) is 28.4 Å². The number of thioether (sulfide) groups is 1. The van der Waals surface area contributed by atoms with Gasteiger partial charge in [-0.15, -0.1) is 10.2 Å². The third-order valence-electron chi connectivity index (χ3n) is 4.46. The van der Waals surface area contributed by atoms with Crippen molar-refractivity contribution in [3.63, 3.8) is 0 Å². The molecule has 3 aromatic rings. The molecule has 0 atom stereocenters. The zero-order chi connectivity index (χ0) is 20.4. The van der Waals surface area contributed by atoms with Crippen LogP contribution in [0.1, 0.15) is 12.5 Å². The normalized spacial score (nSPS) is 12.2. The molecule has 7 nitrogen and oxygen atoms in total. The standard InChI is InChI=1S/C20H19ClN4O3S/c1-3-25-19(13-4-7-16-17(9-13)28-11-27-16)23-24-20(25)29-10-18(26)22-15-6-5-14(21)8-12(15)2/h4-9H,3,10-11H2,1-2H3,(H,22,26). The van der Waals surface area contributed by atoms with Gasteiger partial charge in [-0.2, -0.15) is 0 Å². The third-order valence-corrected chi connectivity index (χ3v) is 5.66. The van der Waals surface area contributed by atoms with Gasteiger partial charge in [-0.3, -0.25) is 4.79 Å². The Balaban J connectivity index is 1.46. The van der Waals surface area contributed by atoms with Gasteiger partial charge in [0.15, 0.2) is 22.5 Å². The number of nitrogens with zero attached hydrogens (tertiary/aromatic N) is 3. The molecule has 1 amide bonds. The van der Waals surface area contributed by atoms with E-state index in [-0.39, 0.29) is 18.5 Å². The highest BCUT2D eigenvalue weighted by Gasteiger charge is 2.19. The second-order valence-corrected chi connectivity index (χ2v) is 7.79. The van der Waals surface area contributed by atoms with Gasteiger partial charge in [0.2, 0.25) is 12.7 Å². The Labute approximate surface area is 177 Å². The molecule has 1 aromatic heterocycles. The van der Waals surface area contributed by atoms with Crippen LogP contribution < -0.4 is 14.8 Å². The van der Waals surface area contributed by atoms with Crippen LogP contribution in [0.2, 0.25) is 5.02 Å². The van der Waals surface area contributed by atoms with Crippen molar-refractivity contribution in [2.24, 2.45) is 0 Å². The number of anilines is 1. The van der Waals surface area contributed by atoms with Gasteiger partial charge in [0.25, 0.3) is 0 Å². The molecule has 2 heterocycles. The van der Waals surface area contributed by atoms with E-state index in [0.29, 0.717) is 22.5 Å². The van der Waals surface area contributed by atoms with Crippen molar-refractivity contribution >= 4 is 35.0 Å². The number of hydrogen-bond acceptors (Lipinski definition) is 6. The van der Waals surface area contributed by atoms with Crippen LogP contribution in [0, 0.1) is 6.92 Å². The van der Waals surface area contributed by atoms with E-state index in [1.165, 1.54) is 11.8 Å². The van der Waals surface area contributed by atoms with Crippen molar-refractivity contribution in [2.75, 3.05) is 17.9 Å². The first-order valence-corrected chi connectivity index (χ1v) is 10.4. The van der Waals surface area contributed by atoms with E-state index >= 15 is 0 Å². The number of carbonyl (C=O) groups is 1. The minimum absolute atomic E-state index is 0.115. The Kier molecular flexibility index (Phi) is 5.64. The van der Waals surface area contributed by atoms with Crippen molar-refractivity contribution in [3.8, 4) is 22.9 Å². The second-order valence-electron chi connectivity index (χ2n) is 6.41. The summed E-state index contributed by atoms with van der Waals surface area (Å²) in [6.07, 6.45) is 0. The third kappa shape index (κ3) is 4.18. The fraction of sp³-hybridized carbons (Fsp3) is 0.250. The average Bonchev–Trinajstić information content (AvgIpc) is 3.34. The first-order valence-electron chi connectivity index (χ1n) is 9.07. The Morgan fingerprint density at radius 1 is 1.21 bits per heavy atom. The SMILES string of the molecule is CCn1c(SCC(=O)Nc2ccc(Cl)cc2C)nnc1-c1ccc2c(c1)OCO2. The molecule has 4 rings (SSSR count). The lowest BCUT2D eigenvalue weighted by atomic mass is 10.2. The molecule has 0 aliphatic carbocycles. The molecule has 0 unspecified atom stereocenters. The largest absolute Gasteiger partial charge is 0.454 e. The molecule has 0 spiro atoms. The van der Waals surface area contributed by atoms with Gasteiger partial charge in [0.1, 0.15) is 0 Å². The predicted molar refractivity (Wildman–Crippen MR) is 113 cm³/mol. The molecule has 9 heteroatoms. The number of fused-ring (bicyclic) bond motifs is 1. The number of hydrogen-bond donors (Lipinski definition) is 1. The van der Waals surface area contributed by atoms with Gasteiger partial charge >= 0.3 is 0 Å². The molecule has 0 saturated carbocycles. The molecule has 29 heavy (non-hydrogen) atoms. The van der Waals surface area contributed by atoms with Crippen molar-refractivity contribution in [1.29, 1.82) is 0 Å². The minimum atomic E-state index is -0.115. The first-order chi connectivity index (χ1) is 14.0. The second kappa shape index (κ2) is 8.34. The van der Waals surface area contributed by atoms with Crippen molar-refractivity contribution in [1.82, 2.24) is 14.8 Å². The molecule has 2 aromatic carbocycles. The molecular weight excluding hydrogens is 412 g/mol. The molecule has 1 aliphatic rings. The van der Waals surface area contributed by atoms with Gasteiger partial charge in [-0.05, 0) is 55.8 Å². The highest BCUT2D eigenvalue weighted by Crippen LogP contribution is 2.36. The monoisotopic (exact) mass is 430 g/mol. The average molecular weight is 431 g/mol. The highest BCUT2D eigenvalue weighted by atomic mass is 35.5. The van der Waals surface area contributed by atoms with E-state index in [9.17, 15) is 4.79 Å². The summed E-state index contributed by atoms with van der Waals surface area (Å²) in [6.45, 7) is 4.82. The van der Waals surface area contributed by atoms with Crippen molar-refractivity contribution < 1.29 is 14.3 Å². The zero-order valence-corrected chi connectivity index (χ0v) is 17.5. The van der Waals surface area contributed by atoms with Crippen LogP contribution in [0.4, 0.5) is 5.69 Å². The number of benzene rings is 2. The van der Waals surface area contributed by atoms with Crippen LogP contribution >= 0.6 is 23.4 Å². The summed E-state index contributed by atoms with van der Waals surface area (Å²) in [5.41, 5.74) is 2.55. The van der Waals surface area contributed by atoms with Gasteiger partial charge in [0, 0.05) is 22.8 Å². The smallest absolute Gasteiger partial charge is 0.234 e. The number of nitrogens with one attached hydrogen (secondary N) is 1. The maximum Gasteiger partial charge on any atom is 0.234 e. The van der Waals surface area contributed by atoms with Crippen LogP contribution in [-0.2, 0) is 11.3 Å². The number of rotatable bonds is 6. The maximum absolute atomic E-state index is 12.4. The number of carbonyl (C=O) groups excluding carboxylic acids is 1. The lowest BCUT2D eigenvalue weighted by Gasteiger charge is -2.10. The maximum atomic E-state index is 12.4. The lowest BCUT2D eigenvalue weighted by molar-refractivity contribution is -0.113. The quantitative estimate of drug-likeness (QED) is 0.584. The molecule has 150 valence electrons. The molecular formula is C20H19ClN4O3S. The summed E-state index contributed by atoms with van der Waals surface area (Å²) in [5.74, 6) is 2.25. The predicted octanol–water partition coefficient (Wildman–Crippen LogP) is 4.39. The molecule has 0 saturated heterocycles. The summed E-state index contributed by atoms with van der Waals surface area (Å²) in [5, 5.41) is 12.8. The van der Waals surface area contributed by atoms with Gasteiger partial charge in [-0.25, -0.2) is 0 Å². The van der Waals surface area contributed by atoms with Gasteiger partial charge in [0.05, 0.1) is 5.75 Å². The van der Waals surface area contributed by atoms with Crippen molar-refractivity contribution in [3.05, 3.63) is 47.0 Å². The molecule has 0 radical (unpaired) electrons. The minimum Gasteiger partial charge on any atom is -0.454 e. The topological polar surface area (TPSA) is 78.3 Å². The molecule has 1 N–H and O–H groups in total. The van der Waals surface area contributed by atoms with E-state index in [1.54, 1.807) is 12.1 Å². The Hall–Kier alpha value is -2.71. The summed E-state index contributed by atoms with van der Waals surface area (Å²) in [6, 6.07) is 11.0. The van der Waals surface area contributed by atoms with Crippen LogP contribution in [-0.4, -0.2) is 33.2 Å². The zero-order valence-electron chi connectivity index (χ0n) is 15.9. The summed E-state index contributed by atoms with van der Waals surface area (Å²) >= 11 is 7.31. The number of amides is 1. The first kappa shape index (κ1) is 19.6. The number of ether oxygens (including phenoxy) is 2.